The van der Waals surface area contributed by atoms with Crippen LogP contribution >= 0.6 is 0 Å². The van der Waals surface area contributed by atoms with E-state index in [1.165, 1.54) is 25.7 Å². The van der Waals surface area contributed by atoms with Crippen molar-refractivity contribution in [2.24, 2.45) is 0 Å². The Hall–Kier alpha value is -1.04. The maximum atomic E-state index is 9.31. The van der Waals surface area contributed by atoms with Gasteiger partial charge in [-0.15, -0.1) is 0 Å². The van der Waals surface area contributed by atoms with Crippen LogP contribution in [0.5, 0.6) is 5.75 Å². The van der Waals surface area contributed by atoms with E-state index in [2.05, 4.69) is 11.8 Å². The van der Waals surface area contributed by atoms with E-state index in [0.29, 0.717) is 11.5 Å². The van der Waals surface area contributed by atoms with E-state index in [9.17, 15) is 10.0 Å². The fraction of sp³-hybridized carbons (Fsp3) is 0.600. The normalized spacial score (nSPS) is 14.7. The van der Waals surface area contributed by atoms with E-state index in [1.807, 2.05) is 12.1 Å². The van der Waals surface area contributed by atoms with Crippen molar-refractivity contribution in [2.75, 3.05) is 13.7 Å². The van der Waals surface area contributed by atoms with E-state index >= 15 is 0 Å². The lowest BCUT2D eigenvalue weighted by Crippen LogP contribution is -2.32. The Morgan fingerprint density at radius 1 is 1.35 bits per heavy atom. The Morgan fingerprint density at radius 2 is 2.10 bits per heavy atom. The molecule has 1 aromatic carbocycles. The molecule has 1 fully saturated rings. The average Bonchev–Trinajstić information content (AvgIpc) is 3.27. The van der Waals surface area contributed by atoms with Crippen LogP contribution in [0.2, 0.25) is 0 Å². The van der Waals surface area contributed by atoms with Gasteiger partial charge in [0.1, 0.15) is 5.75 Å². The molecule has 0 heterocycles. The van der Waals surface area contributed by atoms with Gasteiger partial charge in [0.2, 0.25) is 0 Å². The molecule has 0 bridgehead atoms. The molecule has 0 unspecified atom stereocenters. The van der Waals surface area contributed by atoms with Crippen LogP contribution in [-0.4, -0.2) is 41.8 Å². The van der Waals surface area contributed by atoms with Gasteiger partial charge in [0.15, 0.2) is 0 Å². The SMILES string of the molecule is CCCCN(Cc1cc(B(O)O)ccc1OC)C1CC1. The average molecular weight is 277 g/mol. The van der Waals surface area contributed by atoms with Gasteiger partial charge in [-0.25, -0.2) is 0 Å². The number of benzene rings is 1. The summed E-state index contributed by atoms with van der Waals surface area (Å²) in [5.41, 5.74) is 1.55. The molecule has 1 aliphatic carbocycles. The lowest BCUT2D eigenvalue weighted by molar-refractivity contribution is 0.247. The van der Waals surface area contributed by atoms with E-state index < -0.39 is 7.12 Å². The van der Waals surface area contributed by atoms with Gasteiger partial charge in [0.05, 0.1) is 7.11 Å². The van der Waals surface area contributed by atoms with Gasteiger partial charge in [0.25, 0.3) is 0 Å². The number of nitrogens with zero attached hydrogens (tertiary/aromatic N) is 1. The summed E-state index contributed by atoms with van der Waals surface area (Å²) in [4.78, 5) is 2.48. The molecule has 2 rings (SSSR count). The Bertz CT molecular complexity index is 435. The van der Waals surface area contributed by atoms with Crippen LogP contribution in [0.25, 0.3) is 0 Å². The molecule has 2 N–H and O–H groups in total. The zero-order valence-corrected chi connectivity index (χ0v) is 12.4. The van der Waals surface area contributed by atoms with Crippen molar-refractivity contribution in [3.8, 4) is 5.75 Å². The predicted octanol–water partition coefficient (Wildman–Crippen LogP) is 1.14. The maximum absolute atomic E-state index is 9.31. The second-order valence-electron chi connectivity index (χ2n) is 5.50. The largest absolute Gasteiger partial charge is 0.496 e. The Balaban J connectivity index is 2.13. The highest BCUT2D eigenvalue weighted by Crippen LogP contribution is 2.30. The minimum atomic E-state index is -1.43. The van der Waals surface area contributed by atoms with Gasteiger partial charge >= 0.3 is 7.12 Å². The summed E-state index contributed by atoms with van der Waals surface area (Å²) >= 11 is 0. The summed E-state index contributed by atoms with van der Waals surface area (Å²) in [6.07, 6.45) is 4.93. The lowest BCUT2D eigenvalue weighted by atomic mass is 9.79. The first-order chi connectivity index (χ1) is 9.65. The molecule has 0 spiro atoms. The first kappa shape index (κ1) is 15.4. The third kappa shape index (κ3) is 3.98. The van der Waals surface area contributed by atoms with Crippen molar-refractivity contribution < 1.29 is 14.8 Å². The summed E-state index contributed by atoms with van der Waals surface area (Å²) < 4.78 is 5.40. The summed E-state index contributed by atoms with van der Waals surface area (Å²) in [6.45, 7) is 4.11. The molecule has 0 aliphatic heterocycles. The number of unbranched alkanes of at least 4 members (excludes halogenated alkanes) is 1. The number of rotatable bonds is 8. The molecule has 1 saturated carbocycles. The van der Waals surface area contributed by atoms with E-state index in [-0.39, 0.29) is 0 Å². The molecule has 0 radical (unpaired) electrons. The van der Waals surface area contributed by atoms with Gasteiger partial charge in [-0.05, 0) is 37.3 Å². The van der Waals surface area contributed by atoms with E-state index in [4.69, 9.17) is 4.74 Å². The molecule has 5 heteroatoms. The van der Waals surface area contributed by atoms with Crippen LogP contribution in [0, 0.1) is 0 Å². The zero-order valence-electron chi connectivity index (χ0n) is 12.4. The third-order valence-corrected chi connectivity index (χ3v) is 3.84. The highest BCUT2D eigenvalue weighted by atomic mass is 16.5. The summed E-state index contributed by atoms with van der Waals surface area (Å²) in [5, 5.41) is 18.6. The van der Waals surface area contributed by atoms with Crippen LogP contribution in [0.1, 0.15) is 38.2 Å². The topological polar surface area (TPSA) is 52.9 Å². The van der Waals surface area contributed by atoms with E-state index in [0.717, 1.165) is 24.4 Å². The Kier molecular flexibility index (Phi) is 5.46. The van der Waals surface area contributed by atoms with Crippen LogP contribution in [0.3, 0.4) is 0 Å². The molecule has 0 atom stereocenters. The first-order valence-electron chi connectivity index (χ1n) is 7.42. The smallest absolute Gasteiger partial charge is 0.488 e. The molecule has 0 amide bonds. The molecule has 0 saturated heterocycles. The summed E-state index contributed by atoms with van der Waals surface area (Å²) in [6, 6.07) is 6.04. The molecule has 110 valence electrons. The molecule has 1 aromatic rings. The third-order valence-electron chi connectivity index (χ3n) is 3.84. The van der Waals surface area contributed by atoms with Crippen LogP contribution in [-0.2, 0) is 6.54 Å². The van der Waals surface area contributed by atoms with Gasteiger partial charge in [-0.3, -0.25) is 4.90 Å². The van der Waals surface area contributed by atoms with Gasteiger partial charge in [-0.2, -0.15) is 0 Å². The molecular formula is C15H24BNO3. The molecule has 4 nitrogen and oxygen atoms in total. The predicted molar refractivity (Wildman–Crippen MR) is 81.2 cm³/mol. The Morgan fingerprint density at radius 3 is 2.65 bits per heavy atom. The van der Waals surface area contributed by atoms with E-state index in [1.54, 1.807) is 13.2 Å². The monoisotopic (exact) mass is 277 g/mol. The van der Waals surface area contributed by atoms with Crippen LogP contribution in [0.4, 0.5) is 0 Å². The first-order valence-corrected chi connectivity index (χ1v) is 7.42. The van der Waals surface area contributed by atoms with Crippen molar-refractivity contribution >= 4 is 12.6 Å². The van der Waals surface area contributed by atoms with Crippen LogP contribution in [0.15, 0.2) is 18.2 Å². The van der Waals surface area contributed by atoms with Crippen molar-refractivity contribution in [2.45, 2.75) is 45.2 Å². The molecule has 0 aromatic heterocycles. The standard InChI is InChI=1S/C15H24BNO3/c1-3-4-9-17(14-6-7-14)11-12-10-13(16(18)19)5-8-15(12)20-2/h5,8,10,14,18-19H,3-4,6-7,9,11H2,1-2H3. The zero-order chi connectivity index (χ0) is 14.5. The number of hydrogen-bond acceptors (Lipinski definition) is 4. The molecule has 1 aliphatic rings. The van der Waals surface area contributed by atoms with Crippen molar-refractivity contribution in [1.29, 1.82) is 0 Å². The number of hydrogen-bond donors (Lipinski definition) is 2. The fourth-order valence-electron chi connectivity index (χ4n) is 2.49. The molecular weight excluding hydrogens is 253 g/mol. The summed E-state index contributed by atoms with van der Waals surface area (Å²) in [7, 11) is 0.228. The second-order valence-corrected chi connectivity index (χ2v) is 5.50. The highest BCUT2D eigenvalue weighted by Gasteiger charge is 2.29. The minimum Gasteiger partial charge on any atom is -0.496 e. The lowest BCUT2D eigenvalue weighted by Gasteiger charge is -2.23. The second kappa shape index (κ2) is 7.11. The maximum Gasteiger partial charge on any atom is 0.488 e. The molecule has 20 heavy (non-hydrogen) atoms. The number of ether oxygens (including phenoxy) is 1. The highest BCUT2D eigenvalue weighted by molar-refractivity contribution is 6.58. The van der Waals surface area contributed by atoms with Crippen molar-refractivity contribution in [1.82, 2.24) is 4.90 Å². The number of methoxy groups -OCH3 is 1. The van der Waals surface area contributed by atoms with Gasteiger partial charge in [-0.1, -0.05) is 25.5 Å². The van der Waals surface area contributed by atoms with Crippen LogP contribution < -0.4 is 10.2 Å². The fourth-order valence-corrected chi connectivity index (χ4v) is 2.49. The quantitative estimate of drug-likeness (QED) is 0.700. The van der Waals surface area contributed by atoms with Gasteiger partial charge < -0.3 is 14.8 Å². The minimum absolute atomic E-state index is 0.520. The summed E-state index contributed by atoms with van der Waals surface area (Å²) in [5.74, 6) is 0.816. The van der Waals surface area contributed by atoms with Crippen molar-refractivity contribution in [3.05, 3.63) is 23.8 Å². The van der Waals surface area contributed by atoms with Gasteiger partial charge in [0, 0.05) is 18.2 Å². The van der Waals surface area contributed by atoms with Crippen molar-refractivity contribution in [3.63, 3.8) is 0 Å². The Labute approximate surface area is 121 Å².